The molecule has 5 heteroatoms. The fourth-order valence-electron chi connectivity index (χ4n) is 4.14. The highest BCUT2D eigenvalue weighted by Gasteiger charge is 2.42. The minimum atomic E-state index is -0.394. The Kier molecular flexibility index (Phi) is 5.56. The molecule has 0 radical (unpaired) electrons. The molecule has 2 atom stereocenters. The van der Waals surface area contributed by atoms with E-state index in [1.807, 2.05) is 55.5 Å². The topological polar surface area (TPSA) is 58.6 Å². The molecular weight excluding hydrogens is 364 g/mol. The number of carbonyl (C=O) groups is 2. The molecule has 5 nitrogen and oxygen atoms in total. The van der Waals surface area contributed by atoms with Crippen LogP contribution in [-0.4, -0.2) is 25.5 Å². The lowest BCUT2D eigenvalue weighted by Gasteiger charge is -2.41. The lowest BCUT2D eigenvalue weighted by molar-refractivity contribution is -0.129. The molecule has 2 fully saturated rings. The van der Waals surface area contributed by atoms with E-state index in [-0.39, 0.29) is 17.7 Å². The molecule has 2 amide bonds. The Hall–Kier alpha value is -2.82. The highest BCUT2D eigenvalue weighted by Crippen LogP contribution is 2.43. The van der Waals surface area contributed by atoms with Gasteiger partial charge in [-0.2, -0.15) is 0 Å². The van der Waals surface area contributed by atoms with Crippen molar-refractivity contribution in [2.75, 3.05) is 18.6 Å². The van der Waals surface area contributed by atoms with Crippen LogP contribution in [0.4, 0.5) is 5.69 Å². The van der Waals surface area contributed by atoms with Crippen LogP contribution < -0.4 is 15.0 Å². The summed E-state index contributed by atoms with van der Waals surface area (Å²) >= 11 is 0. The van der Waals surface area contributed by atoms with E-state index in [9.17, 15) is 9.59 Å². The molecular formula is C24H28N2O3. The molecule has 29 heavy (non-hydrogen) atoms. The number of nitrogens with one attached hydrogen (secondary N) is 1. The first-order valence-corrected chi connectivity index (χ1v) is 10.4. The number of carbonyl (C=O) groups excluding carboxylic acids is 2. The maximum absolute atomic E-state index is 13.2. The molecule has 1 aliphatic carbocycles. The number of methoxy groups -OCH3 is 1. The number of piperidine rings is 1. The zero-order chi connectivity index (χ0) is 20.4. The fraction of sp³-hybridized carbons (Fsp3) is 0.417. The average Bonchev–Trinajstić information content (AvgIpc) is 3.57. The standard InChI is InChI=1S/C24H28N2O3/c1-16-7-11-18(12-8-16)26-22(27)14-13-20(24(28)25-15-17-9-10-17)23(26)19-5-3-4-6-21(19)29-2/h3-8,11-12,17,20,23H,9-10,13-15H2,1-2H3,(H,25,28)/t20-,23-/m0/s1. The number of ether oxygens (including phenoxy) is 1. The summed E-state index contributed by atoms with van der Waals surface area (Å²) in [5.74, 6) is 1.06. The van der Waals surface area contributed by atoms with Crippen LogP contribution in [-0.2, 0) is 9.59 Å². The van der Waals surface area contributed by atoms with E-state index >= 15 is 0 Å². The molecule has 1 saturated carbocycles. The van der Waals surface area contributed by atoms with Gasteiger partial charge >= 0.3 is 0 Å². The monoisotopic (exact) mass is 392 g/mol. The summed E-state index contributed by atoms with van der Waals surface area (Å²) in [6.45, 7) is 2.75. The van der Waals surface area contributed by atoms with Crippen LogP contribution in [0.1, 0.15) is 42.9 Å². The fourth-order valence-corrected chi connectivity index (χ4v) is 4.14. The molecule has 0 spiro atoms. The van der Waals surface area contributed by atoms with Crippen molar-refractivity contribution in [2.24, 2.45) is 11.8 Å². The van der Waals surface area contributed by atoms with Crippen molar-refractivity contribution in [2.45, 2.75) is 38.6 Å². The summed E-state index contributed by atoms with van der Waals surface area (Å²) in [5, 5.41) is 3.13. The van der Waals surface area contributed by atoms with Crippen LogP contribution in [0.15, 0.2) is 48.5 Å². The Bertz CT molecular complexity index is 889. The van der Waals surface area contributed by atoms with Gasteiger partial charge in [0.1, 0.15) is 5.75 Å². The zero-order valence-corrected chi connectivity index (χ0v) is 17.1. The van der Waals surface area contributed by atoms with Crippen LogP contribution in [0.25, 0.3) is 0 Å². The molecule has 152 valence electrons. The lowest BCUT2D eigenvalue weighted by Crippen LogP contribution is -2.48. The van der Waals surface area contributed by atoms with Crippen molar-refractivity contribution in [3.63, 3.8) is 0 Å². The molecule has 2 aromatic rings. The van der Waals surface area contributed by atoms with E-state index in [0.717, 1.165) is 23.4 Å². The van der Waals surface area contributed by atoms with Crippen molar-refractivity contribution in [1.29, 1.82) is 0 Å². The summed E-state index contributed by atoms with van der Waals surface area (Å²) in [7, 11) is 1.63. The van der Waals surface area contributed by atoms with E-state index in [4.69, 9.17) is 4.74 Å². The maximum Gasteiger partial charge on any atom is 0.227 e. The number of amides is 2. The summed E-state index contributed by atoms with van der Waals surface area (Å²) in [5.41, 5.74) is 2.82. The van der Waals surface area contributed by atoms with E-state index in [1.165, 1.54) is 12.8 Å². The van der Waals surface area contributed by atoms with Gasteiger partial charge in [0.2, 0.25) is 11.8 Å². The quantitative estimate of drug-likeness (QED) is 0.808. The van der Waals surface area contributed by atoms with E-state index in [1.54, 1.807) is 12.0 Å². The molecule has 4 rings (SSSR count). The van der Waals surface area contributed by atoms with Crippen molar-refractivity contribution >= 4 is 17.5 Å². The highest BCUT2D eigenvalue weighted by atomic mass is 16.5. The van der Waals surface area contributed by atoms with Crippen molar-refractivity contribution < 1.29 is 14.3 Å². The Labute approximate surface area is 172 Å². The highest BCUT2D eigenvalue weighted by molar-refractivity contribution is 5.97. The first-order valence-electron chi connectivity index (χ1n) is 10.4. The van der Waals surface area contributed by atoms with Gasteiger partial charge < -0.3 is 15.0 Å². The molecule has 0 aromatic heterocycles. The van der Waals surface area contributed by atoms with Crippen LogP contribution in [0.5, 0.6) is 5.75 Å². The van der Waals surface area contributed by atoms with Gasteiger partial charge in [-0.05, 0) is 50.3 Å². The summed E-state index contributed by atoms with van der Waals surface area (Å²) in [4.78, 5) is 28.0. The molecule has 0 bridgehead atoms. The number of benzene rings is 2. The largest absolute Gasteiger partial charge is 0.496 e. The minimum absolute atomic E-state index is 0.0254. The van der Waals surface area contributed by atoms with Crippen molar-refractivity contribution in [3.05, 3.63) is 59.7 Å². The predicted octanol–water partition coefficient (Wildman–Crippen LogP) is 4.01. The SMILES string of the molecule is COc1ccccc1[C@H]1[C@@H](C(=O)NCC2CC2)CCC(=O)N1c1ccc(C)cc1. The summed E-state index contributed by atoms with van der Waals surface area (Å²) in [6.07, 6.45) is 3.28. The normalized spacial score (nSPS) is 21.7. The molecule has 0 unspecified atom stereocenters. The van der Waals surface area contributed by atoms with Gasteiger partial charge in [-0.25, -0.2) is 0 Å². The Morgan fingerprint density at radius 2 is 1.83 bits per heavy atom. The van der Waals surface area contributed by atoms with E-state index in [0.29, 0.717) is 24.5 Å². The molecule has 2 aliphatic rings. The second kappa shape index (κ2) is 8.27. The Morgan fingerprint density at radius 3 is 2.52 bits per heavy atom. The number of nitrogens with zero attached hydrogens (tertiary/aromatic N) is 1. The number of hydrogen-bond acceptors (Lipinski definition) is 3. The third kappa shape index (κ3) is 4.14. The zero-order valence-electron chi connectivity index (χ0n) is 17.1. The number of para-hydroxylation sites is 1. The first kappa shape index (κ1) is 19.5. The van der Waals surface area contributed by atoms with Crippen molar-refractivity contribution in [3.8, 4) is 5.75 Å². The van der Waals surface area contributed by atoms with E-state index < -0.39 is 6.04 Å². The van der Waals surface area contributed by atoms with Gasteiger partial charge in [0.05, 0.1) is 19.1 Å². The minimum Gasteiger partial charge on any atom is -0.496 e. The summed E-state index contributed by atoms with van der Waals surface area (Å²) < 4.78 is 5.60. The number of rotatable bonds is 6. The number of hydrogen-bond donors (Lipinski definition) is 1. The van der Waals surface area contributed by atoms with Crippen LogP contribution in [0, 0.1) is 18.8 Å². The first-order chi connectivity index (χ1) is 14.1. The molecule has 1 N–H and O–H groups in total. The van der Waals surface area contributed by atoms with Gasteiger partial charge in [-0.15, -0.1) is 0 Å². The lowest BCUT2D eigenvalue weighted by atomic mass is 9.82. The third-order valence-electron chi connectivity index (χ3n) is 5.97. The van der Waals surface area contributed by atoms with Gasteiger partial charge in [-0.3, -0.25) is 9.59 Å². The van der Waals surface area contributed by atoms with Crippen LogP contribution in [0.2, 0.25) is 0 Å². The second-order valence-corrected chi connectivity index (χ2v) is 8.12. The molecule has 1 saturated heterocycles. The number of aryl methyl sites for hydroxylation is 1. The molecule has 1 heterocycles. The maximum atomic E-state index is 13.2. The molecule has 1 aliphatic heterocycles. The van der Waals surface area contributed by atoms with Gasteiger partial charge in [-0.1, -0.05) is 35.9 Å². The number of anilines is 1. The average molecular weight is 392 g/mol. The van der Waals surface area contributed by atoms with Gasteiger partial charge in [0, 0.05) is 24.2 Å². The summed E-state index contributed by atoms with van der Waals surface area (Å²) in [6, 6.07) is 15.2. The van der Waals surface area contributed by atoms with Crippen molar-refractivity contribution in [1.82, 2.24) is 5.32 Å². The van der Waals surface area contributed by atoms with Crippen LogP contribution in [0.3, 0.4) is 0 Å². The van der Waals surface area contributed by atoms with Crippen LogP contribution >= 0.6 is 0 Å². The van der Waals surface area contributed by atoms with Gasteiger partial charge in [0.15, 0.2) is 0 Å². The Morgan fingerprint density at radius 1 is 1.10 bits per heavy atom. The smallest absolute Gasteiger partial charge is 0.227 e. The van der Waals surface area contributed by atoms with E-state index in [2.05, 4.69) is 5.32 Å². The predicted molar refractivity (Wildman–Crippen MR) is 113 cm³/mol. The molecule has 2 aromatic carbocycles. The third-order valence-corrected chi connectivity index (χ3v) is 5.97. The Balaban J connectivity index is 1.74. The van der Waals surface area contributed by atoms with Gasteiger partial charge in [0.25, 0.3) is 0 Å². The second-order valence-electron chi connectivity index (χ2n) is 8.12.